The van der Waals surface area contributed by atoms with Crippen molar-refractivity contribution < 1.29 is 14.7 Å². The fourth-order valence-corrected chi connectivity index (χ4v) is 4.87. The summed E-state index contributed by atoms with van der Waals surface area (Å²) in [6.07, 6.45) is 1.82. The molecule has 0 aromatic rings. The zero-order valence-corrected chi connectivity index (χ0v) is 12.6. The Morgan fingerprint density at radius 1 is 1.42 bits per heavy atom. The molecule has 0 aromatic heterocycles. The number of rotatable bonds is 4. The van der Waals surface area contributed by atoms with Crippen LogP contribution in [0.1, 0.15) is 19.8 Å². The number of hydrogen-bond acceptors (Lipinski definition) is 5. The maximum atomic E-state index is 12.6. The van der Waals surface area contributed by atoms with E-state index < -0.39 is 12.0 Å². The van der Waals surface area contributed by atoms with Gasteiger partial charge in [0.15, 0.2) is 0 Å². The SMILES string of the molecule is CCCC1SCC(C(=O)O)N1C(=O)C1CSCCN1. The summed E-state index contributed by atoms with van der Waals surface area (Å²) in [5, 5.41) is 12.5. The molecule has 2 heterocycles. The molecule has 0 saturated carbocycles. The van der Waals surface area contributed by atoms with Crippen molar-refractivity contribution in [2.24, 2.45) is 0 Å². The molecule has 2 aliphatic heterocycles. The highest BCUT2D eigenvalue weighted by atomic mass is 32.2. The molecule has 3 atom stereocenters. The van der Waals surface area contributed by atoms with Crippen LogP contribution in [-0.2, 0) is 9.59 Å². The van der Waals surface area contributed by atoms with Crippen molar-refractivity contribution in [2.75, 3.05) is 23.8 Å². The van der Waals surface area contributed by atoms with Gasteiger partial charge in [0.1, 0.15) is 6.04 Å². The number of hydrogen-bond donors (Lipinski definition) is 2. The van der Waals surface area contributed by atoms with E-state index >= 15 is 0 Å². The summed E-state index contributed by atoms with van der Waals surface area (Å²) in [5.74, 6) is 1.33. The predicted octanol–water partition coefficient (Wildman–Crippen LogP) is 0.846. The summed E-state index contributed by atoms with van der Waals surface area (Å²) < 4.78 is 0. The third-order valence-corrected chi connectivity index (χ3v) is 5.81. The molecule has 2 N–H and O–H groups in total. The highest BCUT2D eigenvalue weighted by Crippen LogP contribution is 2.33. The molecule has 2 aliphatic rings. The van der Waals surface area contributed by atoms with E-state index in [4.69, 9.17) is 0 Å². The van der Waals surface area contributed by atoms with Crippen LogP contribution in [0.2, 0.25) is 0 Å². The predicted molar refractivity (Wildman–Crippen MR) is 78.5 cm³/mol. The summed E-state index contributed by atoms with van der Waals surface area (Å²) in [7, 11) is 0. The summed E-state index contributed by atoms with van der Waals surface area (Å²) in [5.41, 5.74) is 0. The molecule has 2 fully saturated rings. The van der Waals surface area contributed by atoms with Gasteiger partial charge >= 0.3 is 5.97 Å². The quantitative estimate of drug-likeness (QED) is 0.802. The second-order valence-corrected chi connectivity index (χ2v) is 7.12. The molecule has 0 radical (unpaired) electrons. The van der Waals surface area contributed by atoms with Crippen molar-refractivity contribution >= 4 is 35.4 Å². The van der Waals surface area contributed by atoms with Crippen LogP contribution in [0.15, 0.2) is 0 Å². The lowest BCUT2D eigenvalue weighted by Crippen LogP contribution is -2.55. The Kier molecular flexibility index (Phi) is 5.41. The van der Waals surface area contributed by atoms with Crippen LogP contribution in [0.25, 0.3) is 0 Å². The largest absolute Gasteiger partial charge is 0.480 e. The minimum Gasteiger partial charge on any atom is -0.480 e. The molecular weight excluding hydrogens is 284 g/mol. The number of carboxylic acids is 1. The molecule has 19 heavy (non-hydrogen) atoms. The van der Waals surface area contributed by atoms with Gasteiger partial charge in [0.25, 0.3) is 0 Å². The van der Waals surface area contributed by atoms with Gasteiger partial charge in [-0.25, -0.2) is 4.79 Å². The summed E-state index contributed by atoms with van der Waals surface area (Å²) in [6.45, 7) is 2.88. The first kappa shape index (κ1) is 15.0. The van der Waals surface area contributed by atoms with Gasteiger partial charge in [0.2, 0.25) is 5.91 Å². The Bertz CT molecular complexity index is 348. The molecule has 0 bridgehead atoms. The molecule has 0 aromatic carbocycles. The Morgan fingerprint density at radius 3 is 2.79 bits per heavy atom. The van der Waals surface area contributed by atoms with E-state index in [1.165, 1.54) is 0 Å². The van der Waals surface area contributed by atoms with Crippen LogP contribution in [0.5, 0.6) is 0 Å². The maximum Gasteiger partial charge on any atom is 0.327 e. The van der Waals surface area contributed by atoms with E-state index in [1.54, 1.807) is 28.4 Å². The highest BCUT2D eigenvalue weighted by molar-refractivity contribution is 8.00. The van der Waals surface area contributed by atoms with Crippen molar-refractivity contribution in [1.29, 1.82) is 0 Å². The van der Waals surface area contributed by atoms with E-state index in [1.807, 2.05) is 0 Å². The van der Waals surface area contributed by atoms with Crippen LogP contribution < -0.4 is 5.32 Å². The zero-order valence-electron chi connectivity index (χ0n) is 11.0. The third-order valence-electron chi connectivity index (χ3n) is 3.39. The lowest BCUT2D eigenvalue weighted by Gasteiger charge is -2.32. The number of nitrogens with one attached hydrogen (secondary N) is 1. The average Bonchev–Trinajstić information content (AvgIpc) is 2.83. The maximum absolute atomic E-state index is 12.6. The van der Waals surface area contributed by atoms with E-state index in [0.29, 0.717) is 5.75 Å². The second-order valence-electron chi connectivity index (χ2n) is 4.76. The fourth-order valence-electron chi connectivity index (χ4n) is 2.42. The first-order valence-corrected chi connectivity index (χ1v) is 8.83. The number of amides is 1. The minimum absolute atomic E-state index is 0.0207. The number of thioether (sulfide) groups is 2. The van der Waals surface area contributed by atoms with Crippen molar-refractivity contribution in [2.45, 2.75) is 37.2 Å². The molecule has 0 spiro atoms. The zero-order chi connectivity index (χ0) is 13.8. The first-order valence-electron chi connectivity index (χ1n) is 6.63. The van der Waals surface area contributed by atoms with Crippen molar-refractivity contribution in [1.82, 2.24) is 10.2 Å². The molecule has 5 nitrogen and oxygen atoms in total. The number of carbonyl (C=O) groups excluding carboxylic acids is 1. The normalized spacial score (nSPS) is 31.4. The van der Waals surface area contributed by atoms with Crippen LogP contribution in [-0.4, -0.2) is 63.1 Å². The van der Waals surface area contributed by atoms with Crippen LogP contribution in [0.3, 0.4) is 0 Å². The molecule has 2 rings (SSSR count). The Hall–Kier alpha value is -0.400. The van der Waals surface area contributed by atoms with Gasteiger partial charge < -0.3 is 15.3 Å². The Balaban J connectivity index is 2.10. The highest BCUT2D eigenvalue weighted by Gasteiger charge is 2.43. The van der Waals surface area contributed by atoms with Crippen molar-refractivity contribution in [3.63, 3.8) is 0 Å². The van der Waals surface area contributed by atoms with Crippen molar-refractivity contribution in [3.05, 3.63) is 0 Å². The van der Waals surface area contributed by atoms with Gasteiger partial charge in [-0.15, -0.1) is 11.8 Å². The van der Waals surface area contributed by atoms with Gasteiger partial charge in [-0.2, -0.15) is 11.8 Å². The van der Waals surface area contributed by atoms with Gasteiger partial charge in [-0.05, 0) is 6.42 Å². The molecule has 108 valence electrons. The smallest absolute Gasteiger partial charge is 0.327 e. The molecular formula is C12H20N2O3S2. The summed E-state index contributed by atoms with van der Waals surface area (Å²) in [6, 6.07) is -0.888. The Labute approximate surface area is 121 Å². The van der Waals surface area contributed by atoms with Crippen molar-refractivity contribution in [3.8, 4) is 0 Å². The fraction of sp³-hybridized carbons (Fsp3) is 0.833. The number of nitrogens with zero attached hydrogens (tertiary/aromatic N) is 1. The van der Waals surface area contributed by atoms with E-state index in [0.717, 1.165) is 30.9 Å². The second kappa shape index (κ2) is 6.85. The molecule has 7 heteroatoms. The molecule has 2 saturated heterocycles. The number of carboxylic acid groups (broad SMARTS) is 1. The first-order chi connectivity index (χ1) is 9.15. The van der Waals surface area contributed by atoms with Gasteiger partial charge in [0, 0.05) is 23.8 Å². The van der Waals surface area contributed by atoms with E-state index in [-0.39, 0.29) is 17.3 Å². The van der Waals surface area contributed by atoms with Gasteiger partial charge in [-0.3, -0.25) is 4.79 Å². The van der Waals surface area contributed by atoms with Gasteiger partial charge in [0.05, 0.1) is 11.4 Å². The summed E-state index contributed by atoms with van der Waals surface area (Å²) in [4.78, 5) is 25.5. The third kappa shape index (κ3) is 3.38. The van der Waals surface area contributed by atoms with Crippen LogP contribution in [0, 0.1) is 0 Å². The Morgan fingerprint density at radius 2 is 2.21 bits per heavy atom. The van der Waals surface area contributed by atoms with Crippen LogP contribution in [0.4, 0.5) is 0 Å². The van der Waals surface area contributed by atoms with E-state index in [2.05, 4.69) is 12.2 Å². The lowest BCUT2D eigenvalue weighted by atomic mass is 10.2. The monoisotopic (exact) mass is 304 g/mol. The molecule has 1 amide bonds. The summed E-state index contributed by atoms with van der Waals surface area (Å²) >= 11 is 3.34. The minimum atomic E-state index is -0.886. The standard InChI is InChI=1S/C12H20N2O3S2/c1-2-3-10-14(9(7-19-10)12(16)17)11(15)8-6-18-5-4-13-8/h8-10,13H,2-7H2,1H3,(H,16,17). The molecule has 3 unspecified atom stereocenters. The molecule has 0 aliphatic carbocycles. The number of aliphatic carboxylic acids is 1. The van der Waals surface area contributed by atoms with E-state index in [9.17, 15) is 14.7 Å². The average molecular weight is 304 g/mol. The lowest BCUT2D eigenvalue weighted by molar-refractivity contribution is -0.149. The number of carbonyl (C=O) groups is 2. The van der Waals surface area contributed by atoms with Crippen LogP contribution >= 0.6 is 23.5 Å². The van der Waals surface area contributed by atoms with Gasteiger partial charge in [-0.1, -0.05) is 13.3 Å². The topological polar surface area (TPSA) is 69.6 Å².